The van der Waals surface area contributed by atoms with Crippen molar-refractivity contribution in [1.29, 1.82) is 0 Å². The summed E-state index contributed by atoms with van der Waals surface area (Å²) in [4.78, 5) is 23.8. The fraction of sp³-hybridized carbons (Fsp3) is 0.800. The maximum atomic E-state index is 11.6. The lowest BCUT2D eigenvalue weighted by Gasteiger charge is -2.25. The number of aliphatic hydroxyl groups excluding tert-OH is 1. The number of aliphatic hydroxyl groups is 1. The molecule has 0 unspecified atom stereocenters. The van der Waals surface area contributed by atoms with Crippen molar-refractivity contribution < 1.29 is 19.8 Å². The summed E-state index contributed by atoms with van der Waals surface area (Å²) in [6, 6.07) is -1.47. The van der Waals surface area contributed by atoms with Gasteiger partial charge in [-0.3, -0.25) is 0 Å². The minimum Gasteiger partial charge on any atom is -0.480 e. The summed E-state index contributed by atoms with van der Waals surface area (Å²) in [5.74, 6) is -1.23. The number of carbonyl (C=O) groups excluding carboxylic acids is 1. The molecule has 6 heteroatoms. The molecule has 2 amide bonds. The number of rotatable bonds is 4. The molecule has 0 heterocycles. The summed E-state index contributed by atoms with van der Waals surface area (Å²) in [5.41, 5.74) is 0. The number of hydrogen-bond donors (Lipinski definition) is 3. The van der Waals surface area contributed by atoms with Gasteiger partial charge >= 0.3 is 12.0 Å². The molecule has 0 bridgehead atoms. The Labute approximate surface area is 94.2 Å². The van der Waals surface area contributed by atoms with Crippen LogP contribution in [0.25, 0.3) is 0 Å². The van der Waals surface area contributed by atoms with Crippen molar-refractivity contribution in [3.63, 3.8) is 0 Å². The van der Waals surface area contributed by atoms with E-state index in [0.717, 1.165) is 25.7 Å². The van der Waals surface area contributed by atoms with E-state index in [0.29, 0.717) is 0 Å². The zero-order chi connectivity index (χ0) is 12.1. The number of urea groups is 1. The van der Waals surface area contributed by atoms with Gasteiger partial charge in [0.25, 0.3) is 0 Å². The Bertz CT molecular complexity index is 264. The summed E-state index contributed by atoms with van der Waals surface area (Å²) in [6.45, 7) is -0.598. The smallest absolute Gasteiger partial charge is 0.328 e. The average molecular weight is 230 g/mol. The van der Waals surface area contributed by atoms with E-state index in [-0.39, 0.29) is 6.04 Å². The molecule has 0 spiro atoms. The van der Waals surface area contributed by atoms with Crippen LogP contribution < -0.4 is 5.32 Å². The van der Waals surface area contributed by atoms with Gasteiger partial charge in [0.1, 0.15) is 0 Å². The molecule has 16 heavy (non-hydrogen) atoms. The first-order chi connectivity index (χ1) is 7.56. The fourth-order valence-electron chi connectivity index (χ4n) is 1.89. The highest BCUT2D eigenvalue weighted by molar-refractivity contribution is 5.82. The molecular formula is C10H18N2O4. The quantitative estimate of drug-likeness (QED) is 0.635. The molecule has 3 N–H and O–H groups in total. The van der Waals surface area contributed by atoms with E-state index in [4.69, 9.17) is 10.2 Å². The van der Waals surface area contributed by atoms with Gasteiger partial charge in [0.15, 0.2) is 6.04 Å². The average Bonchev–Trinajstić information content (AvgIpc) is 2.77. The zero-order valence-corrected chi connectivity index (χ0v) is 9.35. The predicted molar refractivity (Wildman–Crippen MR) is 57.1 cm³/mol. The van der Waals surface area contributed by atoms with Crippen LogP contribution in [0, 0.1) is 0 Å². The van der Waals surface area contributed by atoms with Crippen LogP contribution in [-0.4, -0.2) is 52.9 Å². The number of hydrogen-bond acceptors (Lipinski definition) is 3. The maximum absolute atomic E-state index is 11.6. The normalized spacial score (nSPS) is 18.1. The second-order valence-electron chi connectivity index (χ2n) is 4.07. The lowest BCUT2D eigenvalue weighted by Crippen LogP contribution is -2.50. The molecule has 0 aromatic rings. The molecule has 0 aromatic heterocycles. The van der Waals surface area contributed by atoms with E-state index in [1.165, 1.54) is 4.90 Å². The third-order valence-corrected chi connectivity index (χ3v) is 2.97. The molecule has 1 fully saturated rings. The standard InChI is InChI=1S/C10H18N2O4/c1-12(7-4-2-3-5-7)10(16)11-8(6-13)9(14)15/h7-8,13H,2-6H2,1H3,(H,11,16)(H,14,15)/t8-/m1/s1. The van der Waals surface area contributed by atoms with Crippen LogP contribution in [0.5, 0.6) is 0 Å². The predicted octanol–water partition coefficient (Wildman–Crippen LogP) is 0.0159. The lowest BCUT2D eigenvalue weighted by atomic mass is 10.2. The maximum Gasteiger partial charge on any atom is 0.328 e. The van der Waals surface area contributed by atoms with Crippen LogP contribution in [-0.2, 0) is 4.79 Å². The van der Waals surface area contributed by atoms with E-state index in [1.54, 1.807) is 7.05 Å². The van der Waals surface area contributed by atoms with E-state index in [2.05, 4.69) is 5.32 Å². The highest BCUT2D eigenvalue weighted by Crippen LogP contribution is 2.22. The van der Waals surface area contributed by atoms with Crippen molar-refractivity contribution in [2.24, 2.45) is 0 Å². The van der Waals surface area contributed by atoms with Gasteiger partial charge in [-0.05, 0) is 12.8 Å². The van der Waals surface area contributed by atoms with Gasteiger partial charge in [-0.2, -0.15) is 0 Å². The first-order valence-electron chi connectivity index (χ1n) is 5.43. The third kappa shape index (κ3) is 3.10. The minimum atomic E-state index is -1.23. The summed E-state index contributed by atoms with van der Waals surface area (Å²) < 4.78 is 0. The monoisotopic (exact) mass is 230 g/mol. The Kier molecular flexibility index (Phi) is 4.54. The number of amides is 2. The summed E-state index contributed by atoms with van der Waals surface area (Å²) in [5, 5.41) is 19.7. The van der Waals surface area contributed by atoms with Crippen LogP contribution in [0.4, 0.5) is 4.79 Å². The third-order valence-electron chi connectivity index (χ3n) is 2.97. The molecule has 0 aliphatic heterocycles. The fourth-order valence-corrected chi connectivity index (χ4v) is 1.89. The number of carboxylic acid groups (broad SMARTS) is 1. The van der Waals surface area contributed by atoms with Crippen LogP contribution in [0.15, 0.2) is 0 Å². The molecule has 0 saturated heterocycles. The molecular weight excluding hydrogens is 212 g/mol. The van der Waals surface area contributed by atoms with Crippen molar-refractivity contribution >= 4 is 12.0 Å². The van der Waals surface area contributed by atoms with Gasteiger partial charge in [-0.1, -0.05) is 12.8 Å². The highest BCUT2D eigenvalue weighted by Gasteiger charge is 2.26. The molecule has 0 aromatic carbocycles. The Morgan fingerprint density at radius 2 is 2.00 bits per heavy atom. The number of aliphatic carboxylic acids is 1. The Morgan fingerprint density at radius 1 is 1.44 bits per heavy atom. The second-order valence-corrected chi connectivity index (χ2v) is 4.07. The highest BCUT2D eigenvalue weighted by atomic mass is 16.4. The summed E-state index contributed by atoms with van der Waals surface area (Å²) in [7, 11) is 1.65. The molecule has 1 aliphatic rings. The van der Waals surface area contributed by atoms with Gasteiger partial charge in [-0.15, -0.1) is 0 Å². The molecule has 92 valence electrons. The topological polar surface area (TPSA) is 89.9 Å². The molecule has 1 saturated carbocycles. The molecule has 1 atom stereocenters. The van der Waals surface area contributed by atoms with E-state index in [9.17, 15) is 9.59 Å². The van der Waals surface area contributed by atoms with Gasteiger partial charge in [-0.25, -0.2) is 9.59 Å². The van der Waals surface area contributed by atoms with Gasteiger partial charge in [0, 0.05) is 13.1 Å². The Balaban J connectivity index is 2.46. The first-order valence-corrected chi connectivity index (χ1v) is 5.43. The lowest BCUT2D eigenvalue weighted by molar-refractivity contribution is -0.140. The van der Waals surface area contributed by atoms with Crippen molar-refractivity contribution in [2.75, 3.05) is 13.7 Å². The van der Waals surface area contributed by atoms with E-state index in [1.807, 2.05) is 0 Å². The number of nitrogens with one attached hydrogen (secondary N) is 1. The van der Waals surface area contributed by atoms with E-state index < -0.39 is 24.6 Å². The van der Waals surface area contributed by atoms with Crippen LogP contribution >= 0.6 is 0 Å². The van der Waals surface area contributed by atoms with Crippen molar-refractivity contribution in [3.05, 3.63) is 0 Å². The zero-order valence-electron chi connectivity index (χ0n) is 9.35. The van der Waals surface area contributed by atoms with Gasteiger partial charge in [0.2, 0.25) is 0 Å². The van der Waals surface area contributed by atoms with Crippen molar-refractivity contribution in [2.45, 2.75) is 37.8 Å². The van der Waals surface area contributed by atoms with Crippen molar-refractivity contribution in [3.8, 4) is 0 Å². The number of carbonyl (C=O) groups is 2. The van der Waals surface area contributed by atoms with Crippen LogP contribution in [0.1, 0.15) is 25.7 Å². The van der Waals surface area contributed by atoms with E-state index >= 15 is 0 Å². The van der Waals surface area contributed by atoms with Crippen LogP contribution in [0.3, 0.4) is 0 Å². The van der Waals surface area contributed by atoms with Gasteiger partial charge < -0.3 is 20.4 Å². The van der Waals surface area contributed by atoms with Gasteiger partial charge in [0.05, 0.1) is 6.61 Å². The SMILES string of the molecule is CN(C(=O)N[C@H](CO)C(=O)O)C1CCCC1. The first kappa shape index (κ1) is 12.8. The summed E-state index contributed by atoms with van der Waals surface area (Å²) >= 11 is 0. The number of nitrogens with zero attached hydrogens (tertiary/aromatic N) is 1. The molecule has 1 rings (SSSR count). The largest absolute Gasteiger partial charge is 0.480 e. The Hall–Kier alpha value is -1.30. The number of carboxylic acids is 1. The summed E-state index contributed by atoms with van der Waals surface area (Å²) in [6.07, 6.45) is 4.12. The minimum absolute atomic E-state index is 0.188. The van der Waals surface area contributed by atoms with Crippen LogP contribution in [0.2, 0.25) is 0 Å². The second kappa shape index (κ2) is 5.69. The molecule has 0 radical (unpaired) electrons. The van der Waals surface area contributed by atoms with Crippen molar-refractivity contribution in [1.82, 2.24) is 10.2 Å². The Morgan fingerprint density at radius 3 is 2.44 bits per heavy atom. The molecule has 1 aliphatic carbocycles. The molecule has 6 nitrogen and oxygen atoms in total.